The first-order valence-electron chi connectivity index (χ1n) is 21.7. The zero-order valence-electron chi connectivity index (χ0n) is 33.7. The van der Waals surface area contributed by atoms with Crippen LogP contribution in [0, 0.1) is 0 Å². The van der Waals surface area contributed by atoms with Gasteiger partial charge >= 0.3 is 0 Å². The number of rotatable bonds is 4. The first-order chi connectivity index (χ1) is 30.7. The molecule has 1 saturated carbocycles. The van der Waals surface area contributed by atoms with Crippen LogP contribution in [-0.4, -0.2) is 24.1 Å². The maximum absolute atomic E-state index is 6.65. The molecule has 8 aromatic carbocycles. The summed E-state index contributed by atoms with van der Waals surface area (Å²) in [5.41, 5.74) is 14.7. The summed E-state index contributed by atoms with van der Waals surface area (Å²) in [5.74, 6) is 1.71. The summed E-state index contributed by atoms with van der Waals surface area (Å²) in [4.78, 5) is 16.3. The molecule has 2 aliphatic rings. The second kappa shape index (κ2) is 12.6. The maximum Gasteiger partial charge on any atom is 0.240 e. The lowest BCUT2D eigenvalue weighted by Gasteiger charge is -2.26. The Labute approximate surface area is 356 Å². The van der Waals surface area contributed by atoms with E-state index in [9.17, 15) is 0 Å². The fraction of sp³-hybridized carbons (Fsp3) is 0.0893. The first kappa shape index (κ1) is 33.9. The predicted molar refractivity (Wildman–Crippen MR) is 251 cm³/mol. The molecule has 0 aliphatic heterocycles. The lowest BCUT2D eigenvalue weighted by molar-refractivity contribution is 0.550. The number of fused-ring (bicyclic) bond motifs is 14. The fourth-order valence-electron chi connectivity index (χ4n) is 11.3. The Morgan fingerprint density at radius 3 is 1.74 bits per heavy atom. The van der Waals surface area contributed by atoms with Crippen molar-refractivity contribution in [3.63, 3.8) is 0 Å². The molecule has 0 radical (unpaired) electrons. The minimum atomic E-state index is 0.0160. The topological polar surface area (TPSA) is 61.7 Å². The summed E-state index contributed by atoms with van der Waals surface area (Å²) in [7, 11) is 0. The van der Waals surface area contributed by atoms with Crippen molar-refractivity contribution in [2.75, 3.05) is 0 Å². The van der Waals surface area contributed by atoms with Gasteiger partial charge in [-0.05, 0) is 94.8 Å². The molecule has 12 aromatic rings. The van der Waals surface area contributed by atoms with Crippen LogP contribution in [0.25, 0.3) is 111 Å². The van der Waals surface area contributed by atoms with Gasteiger partial charge in [0.2, 0.25) is 11.9 Å². The third-order valence-corrected chi connectivity index (χ3v) is 13.9. The number of aromatic nitrogens is 5. The van der Waals surface area contributed by atoms with Gasteiger partial charge in [0.1, 0.15) is 11.2 Å². The van der Waals surface area contributed by atoms with E-state index in [4.69, 9.17) is 19.4 Å². The van der Waals surface area contributed by atoms with Gasteiger partial charge in [0.05, 0.1) is 22.1 Å². The van der Waals surface area contributed by atoms with Crippen molar-refractivity contribution in [1.82, 2.24) is 24.1 Å². The molecular formula is C56H37N5O. The molecule has 1 spiro atoms. The zero-order valence-corrected chi connectivity index (χ0v) is 33.7. The van der Waals surface area contributed by atoms with Crippen LogP contribution in [-0.2, 0) is 5.41 Å². The second-order valence-corrected chi connectivity index (χ2v) is 17.1. The van der Waals surface area contributed by atoms with Crippen molar-refractivity contribution in [1.29, 1.82) is 0 Å². The third-order valence-electron chi connectivity index (χ3n) is 13.9. The number of para-hydroxylation sites is 3. The Bertz CT molecular complexity index is 3770. The van der Waals surface area contributed by atoms with Crippen molar-refractivity contribution in [3.8, 4) is 45.5 Å². The van der Waals surface area contributed by atoms with Crippen LogP contribution in [0.4, 0.5) is 0 Å². The third kappa shape index (κ3) is 4.61. The van der Waals surface area contributed by atoms with Crippen molar-refractivity contribution in [3.05, 3.63) is 187 Å². The van der Waals surface area contributed by atoms with E-state index in [0.717, 1.165) is 84.3 Å². The summed E-state index contributed by atoms with van der Waals surface area (Å²) in [5, 5.41) is 6.83. The van der Waals surface area contributed by atoms with Crippen molar-refractivity contribution < 1.29 is 4.42 Å². The molecule has 14 rings (SSSR count). The second-order valence-electron chi connectivity index (χ2n) is 17.1. The van der Waals surface area contributed by atoms with Gasteiger partial charge in [-0.3, -0.25) is 9.13 Å². The summed E-state index contributed by atoms with van der Waals surface area (Å²) in [6.45, 7) is 0. The molecule has 0 atom stereocenters. The van der Waals surface area contributed by atoms with Gasteiger partial charge in [-0.25, -0.2) is 0 Å². The standard InChI is InChI=1S/C56H37N5O/c1-2-15-34(16-3-1)36-21-14-26-50-52(36)41-28-27-35(31-51(41)62-50)53-57-54(60-46-23-9-5-18-38(46)39-19-6-10-24-47(39)60)59-55(58-53)61-48-25-11-7-20-40(48)43-32-42-37-17-4-8-22-44(37)56(29-12-13-30-56)45(42)33-49(43)61/h1-11,14-28,31-33H,12-13,29-30H2. The van der Waals surface area contributed by atoms with Gasteiger partial charge in [-0.15, -0.1) is 0 Å². The molecular weight excluding hydrogens is 759 g/mol. The molecule has 0 saturated heterocycles. The molecule has 4 heterocycles. The molecule has 4 aromatic heterocycles. The van der Waals surface area contributed by atoms with Crippen LogP contribution in [0.1, 0.15) is 36.8 Å². The molecule has 1 fully saturated rings. The molecule has 0 amide bonds. The normalized spacial score (nSPS) is 14.3. The van der Waals surface area contributed by atoms with Gasteiger partial charge in [-0.1, -0.05) is 140 Å². The number of hydrogen-bond donors (Lipinski definition) is 0. The van der Waals surface area contributed by atoms with E-state index in [0.29, 0.717) is 17.7 Å². The Morgan fingerprint density at radius 2 is 1.02 bits per heavy atom. The summed E-state index contributed by atoms with van der Waals surface area (Å²) >= 11 is 0. The van der Waals surface area contributed by atoms with Crippen molar-refractivity contribution in [2.45, 2.75) is 31.1 Å². The van der Waals surface area contributed by atoms with Crippen molar-refractivity contribution >= 4 is 65.6 Å². The monoisotopic (exact) mass is 795 g/mol. The Morgan fingerprint density at radius 1 is 0.403 bits per heavy atom. The molecule has 6 nitrogen and oxygen atoms in total. The van der Waals surface area contributed by atoms with Crippen LogP contribution >= 0.6 is 0 Å². The highest BCUT2D eigenvalue weighted by Crippen LogP contribution is 2.58. The SMILES string of the molecule is c1ccc(-c2cccc3oc4cc(-c5nc(-n6c7ccccc7c7ccccc76)nc(-n6c7ccccc7c7cc8c(cc76)C6(CCCC6)c6ccccc6-8)n5)ccc4c23)cc1. The van der Waals surface area contributed by atoms with E-state index < -0.39 is 0 Å². The predicted octanol–water partition coefficient (Wildman–Crippen LogP) is 14.1. The highest BCUT2D eigenvalue weighted by molar-refractivity contribution is 6.14. The Hall–Kier alpha value is -7.83. The first-order valence-corrected chi connectivity index (χ1v) is 21.7. The van der Waals surface area contributed by atoms with Crippen LogP contribution in [0.2, 0.25) is 0 Å². The average Bonchev–Trinajstić information content (AvgIpc) is 4.16. The van der Waals surface area contributed by atoms with Gasteiger partial charge in [0.15, 0.2) is 5.82 Å². The highest BCUT2D eigenvalue weighted by Gasteiger charge is 2.45. The quantitative estimate of drug-likeness (QED) is 0.178. The number of nitrogens with zero attached hydrogens (tertiary/aromatic N) is 5. The van der Waals surface area contributed by atoms with Crippen LogP contribution in [0.15, 0.2) is 180 Å². The Kier molecular flexibility index (Phi) is 6.90. The van der Waals surface area contributed by atoms with Gasteiger partial charge in [0.25, 0.3) is 0 Å². The van der Waals surface area contributed by atoms with E-state index >= 15 is 0 Å². The van der Waals surface area contributed by atoms with Crippen LogP contribution in [0.5, 0.6) is 0 Å². The molecule has 62 heavy (non-hydrogen) atoms. The van der Waals surface area contributed by atoms with Gasteiger partial charge in [-0.2, -0.15) is 15.0 Å². The summed E-state index contributed by atoms with van der Waals surface area (Å²) in [6.07, 6.45) is 4.79. The Balaban J connectivity index is 1.05. The average molecular weight is 796 g/mol. The lowest BCUT2D eigenvalue weighted by atomic mass is 9.76. The van der Waals surface area contributed by atoms with Crippen LogP contribution in [0.3, 0.4) is 0 Å². The molecule has 0 unspecified atom stereocenters. The number of benzene rings is 8. The highest BCUT2D eigenvalue weighted by atomic mass is 16.3. The zero-order chi connectivity index (χ0) is 40.5. The minimum Gasteiger partial charge on any atom is -0.456 e. The van der Waals surface area contributed by atoms with E-state index in [2.05, 4.69) is 185 Å². The van der Waals surface area contributed by atoms with E-state index in [-0.39, 0.29) is 5.41 Å². The maximum atomic E-state index is 6.65. The van der Waals surface area contributed by atoms with E-state index in [1.165, 1.54) is 45.9 Å². The molecule has 292 valence electrons. The number of furan rings is 1. The van der Waals surface area contributed by atoms with Crippen LogP contribution < -0.4 is 0 Å². The molecule has 6 heteroatoms. The van der Waals surface area contributed by atoms with Gasteiger partial charge in [0, 0.05) is 43.3 Å². The smallest absolute Gasteiger partial charge is 0.240 e. The largest absolute Gasteiger partial charge is 0.456 e. The lowest BCUT2D eigenvalue weighted by Crippen LogP contribution is -2.20. The van der Waals surface area contributed by atoms with Crippen molar-refractivity contribution in [2.24, 2.45) is 0 Å². The van der Waals surface area contributed by atoms with E-state index in [1.54, 1.807) is 0 Å². The van der Waals surface area contributed by atoms with E-state index in [1.807, 2.05) is 0 Å². The fourth-order valence-corrected chi connectivity index (χ4v) is 11.3. The summed E-state index contributed by atoms with van der Waals surface area (Å²) in [6, 6.07) is 63.0. The minimum absolute atomic E-state index is 0.0160. The summed E-state index contributed by atoms with van der Waals surface area (Å²) < 4.78 is 11.1. The molecule has 2 aliphatic carbocycles. The molecule has 0 bridgehead atoms. The molecule has 0 N–H and O–H groups in total. The van der Waals surface area contributed by atoms with Gasteiger partial charge < -0.3 is 4.42 Å². The number of hydrogen-bond acceptors (Lipinski definition) is 4.